The van der Waals surface area contributed by atoms with Gasteiger partial charge in [-0.05, 0) is 47.7 Å². The van der Waals surface area contributed by atoms with Gasteiger partial charge in [0.1, 0.15) is 12.4 Å². The summed E-state index contributed by atoms with van der Waals surface area (Å²) in [5, 5.41) is 5.08. The van der Waals surface area contributed by atoms with Gasteiger partial charge in [-0.3, -0.25) is 18.7 Å². The zero-order valence-corrected chi connectivity index (χ0v) is 17.4. The number of halogens is 1. The number of rotatable bonds is 7. The second kappa shape index (κ2) is 9.09. The van der Waals surface area contributed by atoms with Crippen LogP contribution in [0.3, 0.4) is 0 Å². The van der Waals surface area contributed by atoms with Crippen LogP contribution in [-0.2, 0) is 30.8 Å². The Kier molecular flexibility index (Phi) is 6.08. The standard InChI is InChI=1S/C23H20FN3O3S/c24-17-9-7-16(8-10-17)14-25-21(28)15-27-20-6-2-1-5-19(20)22(29)26(23(27)30)12-11-18-4-3-13-31-18/h1-10,13H,11-12,14-15H2,(H,25,28). The normalized spacial score (nSPS) is 11.0. The highest BCUT2D eigenvalue weighted by molar-refractivity contribution is 7.09. The number of hydrogen-bond acceptors (Lipinski definition) is 4. The lowest BCUT2D eigenvalue weighted by molar-refractivity contribution is -0.121. The topological polar surface area (TPSA) is 73.1 Å². The van der Waals surface area contributed by atoms with Crippen LogP contribution in [0.1, 0.15) is 10.4 Å². The van der Waals surface area contributed by atoms with Crippen molar-refractivity contribution in [1.29, 1.82) is 0 Å². The van der Waals surface area contributed by atoms with E-state index in [1.165, 1.54) is 21.3 Å². The van der Waals surface area contributed by atoms with Crippen LogP contribution in [0.5, 0.6) is 0 Å². The van der Waals surface area contributed by atoms with Crippen LogP contribution in [0.25, 0.3) is 10.9 Å². The first-order valence-electron chi connectivity index (χ1n) is 9.79. The Morgan fingerprint density at radius 3 is 2.48 bits per heavy atom. The minimum Gasteiger partial charge on any atom is -0.350 e. The van der Waals surface area contributed by atoms with E-state index in [1.54, 1.807) is 47.7 Å². The monoisotopic (exact) mass is 437 g/mol. The molecule has 0 saturated heterocycles. The highest BCUT2D eigenvalue weighted by atomic mass is 32.1. The SMILES string of the molecule is O=C(Cn1c(=O)n(CCc2cccs2)c(=O)c2ccccc21)NCc1ccc(F)cc1. The van der Waals surface area contributed by atoms with Gasteiger partial charge in [0.25, 0.3) is 5.56 Å². The van der Waals surface area contributed by atoms with Gasteiger partial charge in [-0.25, -0.2) is 9.18 Å². The molecule has 2 aromatic heterocycles. The summed E-state index contributed by atoms with van der Waals surface area (Å²) in [6.45, 7) is 0.226. The zero-order valence-electron chi connectivity index (χ0n) is 16.6. The fourth-order valence-corrected chi connectivity index (χ4v) is 4.10. The van der Waals surface area contributed by atoms with Crippen LogP contribution in [0, 0.1) is 5.82 Å². The maximum Gasteiger partial charge on any atom is 0.331 e. The van der Waals surface area contributed by atoms with Gasteiger partial charge in [-0.15, -0.1) is 11.3 Å². The van der Waals surface area contributed by atoms with Gasteiger partial charge in [0.2, 0.25) is 5.91 Å². The third kappa shape index (κ3) is 4.64. The summed E-state index contributed by atoms with van der Waals surface area (Å²) < 4.78 is 15.6. The summed E-state index contributed by atoms with van der Waals surface area (Å²) in [5.41, 5.74) is 0.284. The van der Waals surface area contributed by atoms with Crippen LogP contribution in [0.2, 0.25) is 0 Å². The summed E-state index contributed by atoms with van der Waals surface area (Å²) in [4.78, 5) is 39.7. The molecule has 1 N–H and O–H groups in total. The molecule has 0 spiro atoms. The highest BCUT2D eigenvalue weighted by Crippen LogP contribution is 2.11. The first-order chi connectivity index (χ1) is 15.0. The van der Waals surface area contributed by atoms with Gasteiger partial charge in [-0.2, -0.15) is 0 Å². The Labute approximate surface area is 181 Å². The number of nitrogens with zero attached hydrogens (tertiary/aromatic N) is 2. The van der Waals surface area contributed by atoms with E-state index in [9.17, 15) is 18.8 Å². The van der Waals surface area contributed by atoms with Crippen LogP contribution in [0.15, 0.2) is 75.6 Å². The number of carbonyl (C=O) groups excluding carboxylic acids is 1. The summed E-state index contributed by atoms with van der Waals surface area (Å²) in [6.07, 6.45) is 0.557. The van der Waals surface area contributed by atoms with Gasteiger partial charge in [0.15, 0.2) is 0 Å². The number of aryl methyl sites for hydroxylation is 1. The Hall–Kier alpha value is -3.52. The number of carbonyl (C=O) groups is 1. The molecule has 0 saturated carbocycles. The van der Waals surface area contributed by atoms with E-state index >= 15 is 0 Å². The van der Waals surface area contributed by atoms with Gasteiger partial charge >= 0.3 is 5.69 Å². The van der Waals surface area contributed by atoms with Gasteiger partial charge in [0.05, 0.1) is 10.9 Å². The third-order valence-corrected chi connectivity index (χ3v) is 5.93. The van der Waals surface area contributed by atoms with Crippen molar-refractivity contribution in [2.75, 3.05) is 0 Å². The fraction of sp³-hybridized carbons (Fsp3) is 0.174. The molecule has 0 atom stereocenters. The molecule has 2 heterocycles. The van der Waals surface area contributed by atoms with Crippen molar-refractivity contribution in [3.8, 4) is 0 Å². The van der Waals surface area contributed by atoms with E-state index in [0.29, 0.717) is 17.3 Å². The predicted molar refractivity (Wildman–Crippen MR) is 119 cm³/mol. The number of amides is 1. The zero-order chi connectivity index (χ0) is 21.8. The van der Waals surface area contributed by atoms with Crippen molar-refractivity contribution in [3.63, 3.8) is 0 Å². The molecule has 1 amide bonds. The van der Waals surface area contributed by atoms with Crippen molar-refractivity contribution in [1.82, 2.24) is 14.5 Å². The van der Waals surface area contributed by atoms with Gasteiger partial charge in [-0.1, -0.05) is 30.3 Å². The average molecular weight is 437 g/mol. The molecule has 8 heteroatoms. The largest absolute Gasteiger partial charge is 0.350 e. The van der Waals surface area contributed by atoms with Crippen LogP contribution in [-0.4, -0.2) is 15.0 Å². The maximum atomic E-state index is 13.1. The molecule has 4 aromatic rings. The lowest BCUT2D eigenvalue weighted by atomic mass is 10.2. The summed E-state index contributed by atoms with van der Waals surface area (Å²) >= 11 is 1.57. The van der Waals surface area contributed by atoms with Crippen molar-refractivity contribution in [3.05, 3.63) is 103 Å². The molecule has 0 bridgehead atoms. The quantitative estimate of drug-likeness (QED) is 0.483. The summed E-state index contributed by atoms with van der Waals surface area (Å²) in [6, 6.07) is 16.5. The Balaban J connectivity index is 1.61. The number of fused-ring (bicyclic) bond motifs is 1. The first-order valence-corrected chi connectivity index (χ1v) is 10.7. The molecule has 0 aliphatic heterocycles. The molecule has 0 radical (unpaired) electrons. The Bertz CT molecular complexity index is 1330. The van der Waals surface area contributed by atoms with Crippen LogP contribution in [0.4, 0.5) is 4.39 Å². The van der Waals surface area contributed by atoms with Gasteiger partial charge < -0.3 is 5.32 Å². The molecule has 158 valence electrons. The number of nitrogens with one attached hydrogen (secondary N) is 1. The minimum atomic E-state index is -0.516. The number of benzene rings is 2. The molecular weight excluding hydrogens is 417 g/mol. The smallest absolute Gasteiger partial charge is 0.331 e. The lowest BCUT2D eigenvalue weighted by Gasteiger charge is -2.14. The second-order valence-electron chi connectivity index (χ2n) is 7.08. The maximum absolute atomic E-state index is 13.1. The molecule has 0 unspecified atom stereocenters. The van der Waals surface area contributed by atoms with Gasteiger partial charge in [0, 0.05) is 18.0 Å². The predicted octanol–water partition coefficient (Wildman–Crippen LogP) is 2.92. The molecule has 0 aliphatic carbocycles. The Morgan fingerprint density at radius 1 is 0.968 bits per heavy atom. The Morgan fingerprint density at radius 2 is 1.74 bits per heavy atom. The summed E-state index contributed by atoms with van der Waals surface area (Å²) in [7, 11) is 0. The second-order valence-corrected chi connectivity index (χ2v) is 8.11. The van der Waals surface area contributed by atoms with Crippen molar-refractivity contribution < 1.29 is 9.18 Å². The third-order valence-electron chi connectivity index (χ3n) is 5.00. The minimum absolute atomic E-state index is 0.212. The lowest BCUT2D eigenvalue weighted by Crippen LogP contribution is -2.42. The molecular formula is C23H20FN3O3S. The number of thiophene rings is 1. The van der Waals surface area contributed by atoms with E-state index in [1.807, 2.05) is 17.5 Å². The fourth-order valence-electron chi connectivity index (χ4n) is 3.40. The molecule has 6 nitrogen and oxygen atoms in total. The average Bonchev–Trinajstić information content (AvgIpc) is 3.30. The van der Waals surface area contributed by atoms with Crippen molar-refractivity contribution >= 4 is 28.1 Å². The summed E-state index contributed by atoms with van der Waals surface area (Å²) in [5.74, 6) is -0.724. The molecule has 0 fully saturated rings. The van der Waals surface area contributed by atoms with Crippen molar-refractivity contribution in [2.24, 2.45) is 0 Å². The number of para-hydroxylation sites is 1. The van der Waals surface area contributed by atoms with Crippen LogP contribution < -0.4 is 16.6 Å². The van der Waals surface area contributed by atoms with E-state index in [2.05, 4.69) is 5.32 Å². The van der Waals surface area contributed by atoms with Crippen molar-refractivity contribution in [2.45, 2.75) is 26.1 Å². The highest BCUT2D eigenvalue weighted by Gasteiger charge is 2.15. The van der Waals surface area contributed by atoms with Crippen LogP contribution >= 0.6 is 11.3 Å². The molecule has 0 aliphatic rings. The van der Waals surface area contributed by atoms with E-state index in [4.69, 9.17) is 0 Å². The van der Waals surface area contributed by atoms with E-state index in [-0.39, 0.29) is 36.9 Å². The first kappa shape index (κ1) is 20.7. The molecule has 2 aromatic carbocycles. The van der Waals surface area contributed by atoms with E-state index in [0.717, 1.165) is 10.4 Å². The van der Waals surface area contributed by atoms with E-state index < -0.39 is 5.69 Å². The number of hydrogen-bond donors (Lipinski definition) is 1. The molecule has 4 rings (SSSR count). The molecule has 31 heavy (non-hydrogen) atoms. The number of aromatic nitrogens is 2.